The van der Waals surface area contributed by atoms with Crippen molar-refractivity contribution in [2.24, 2.45) is 5.92 Å². The summed E-state index contributed by atoms with van der Waals surface area (Å²) in [4.78, 5) is 26.3. The predicted molar refractivity (Wildman–Crippen MR) is 72.7 cm³/mol. The zero-order valence-electron chi connectivity index (χ0n) is 10.5. The second kappa shape index (κ2) is 5.44. The van der Waals surface area contributed by atoms with Gasteiger partial charge < -0.3 is 10.2 Å². The molecule has 5 heteroatoms. The van der Waals surface area contributed by atoms with Gasteiger partial charge in [0.1, 0.15) is 0 Å². The Morgan fingerprint density at radius 1 is 1.39 bits per heavy atom. The molecule has 0 spiro atoms. The third-order valence-corrected chi connectivity index (χ3v) is 3.87. The molecular formula is C13H16N2O2S. The van der Waals surface area contributed by atoms with Crippen LogP contribution in [0.1, 0.15) is 6.42 Å². The Bertz CT molecular complexity index is 459. The van der Waals surface area contributed by atoms with Crippen molar-refractivity contribution in [3.63, 3.8) is 0 Å². The number of benzene rings is 1. The Balaban J connectivity index is 2.13. The van der Waals surface area contributed by atoms with E-state index < -0.39 is 0 Å². The van der Waals surface area contributed by atoms with Gasteiger partial charge in [0.2, 0.25) is 11.8 Å². The van der Waals surface area contributed by atoms with Crippen LogP contribution in [-0.2, 0) is 9.59 Å². The fourth-order valence-electron chi connectivity index (χ4n) is 2.10. The molecule has 96 valence electrons. The molecule has 0 radical (unpaired) electrons. The van der Waals surface area contributed by atoms with E-state index in [1.54, 1.807) is 23.7 Å². The quantitative estimate of drug-likeness (QED) is 0.842. The van der Waals surface area contributed by atoms with Gasteiger partial charge in [0, 0.05) is 30.6 Å². The van der Waals surface area contributed by atoms with Gasteiger partial charge in [-0.05, 0) is 30.5 Å². The lowest BCUT2D eigenvalue weighted by Crippen LogP contribution is -2.30. The minimum absolute atomic E-state index is 0.0144. The minimum atomic E-state index is -0.234. The number of thioether (sulfide) groups is 1. The molecule has 1 atom stereocenters. The van der Waals surface area contributed by atoms with E-state index in [0.29, 0.717) is 13.0 Å². The first-order valence-corrected chi connectivity index (χ1v) is 7.04. The van der Waals surface area contributed by atoms with Crippen molar-refractivity contribution in [2.75, 3.05) is 24.7 Å². The summed E-state index contributed by atoms with van der Waals surface area (Å²) in [6, 6.07) is 7.83. The third-order valence-electron chi connectivity index (χ3n) is 3.13. The topological polar surface area (TPSA) is 49.4 Å². The van der Waals surface area contributed by atoms with E-state index in [-0.39, 0.29) is 17.7 Å². The van der Waals surface area contributed by atoms with Gasteiger partial charge >= 0.3 is 0 Å². The maximum absolute atomic E-state index is 11.9. The van der Waals surface area contributed by atoms with Gasteiger partial charge in [0.15, 0.2) is 0 Å². The number of anilines is 1. The van der Waals surface area contributed by atoms with Crippen LogP contribution in [-0.4, -0.2) is 31.7 Å². The molecule has 2 amide bonds. The van der Waals surface area contributed by atoms with Crippen LogP contribution in [0.3, 0.4) is 0 Å². The molecule has 1 saturated heterocycles. The first-order chi connectivity index (χ1) is 8.65. The van der Waals surface area contributed by atoms with E-state index in [2.05, 4.69) is 5.32 Å². The number of nitrogens with one attached hydrogen (secondary N) is 1. The highest BCUT2D eigenvalue weighted by Gasteiger charge is 2.34. The Kier molecular flexibility index (Phi) is 3.91. The Labute approximate surface area is 111 Å². The van der Waals surface area contributed by atoms with Crippen molar-refractivity contribution < 1.29 is 9.59 Å². The molecule has 0 saturated carbocycles. The van der Waals surface area contributed by atoms with Gasteiger partial charge in [-0.15, -0.1) is 11.8 Å². The lowest BCUT2D eigenvalue weighted by Gasteiger charge is -2.16. The lowest BCUT2D eigenvalue weighted by molar-refractivity contribution is -0.125. The van der Waals surface area contributed by atoms with Crippen LogP contribution < -0.4 is 10.2 Å². The zero-order chi connectivity index (χ0) is 13.1. The number of carbonyl (C=O) groups excluding carboxylic acids is 2. The van der Waals surface area contributed by atoms with Crippen molar-refractivity contribution in [3.05, 3.63) is 24.3 Å². The zero-order valence-corrected chi connectivity index (χ0v) is 11.3. The van der Waals surface area contributed by atoms with Gasteiger partial charge in [-0.2, -0.15) is 0 Å². The van der Waals surface area contributed by atoms with Crippen LogP contribution in [0.25, 0.3) is 0 Å². The molecule has 0 bridgehead atoms. The molecule has 1 aliphatic heterocycles. The second-order valence-corrected chi connectivity index (χ2v) is 5.10. The number of hydrogen-bond acceptors (Lipinski definition) is 3. The average Bonchev–Trinajstić information content (AvgIpc) is 2.80. The summed E-state index contributed by atoms with van der Waals surface area (Å²) in [6.45, 7) is 0.469. The van der Waals surface area contributed by atoms with Crippen LogP contribution in [0.15, 0.2) is 29.2 Å². The molecule has 2 rings (SSSR count). The summed E-state index contributed by atoms with van der Waals surface area (Å²) >= 11 is 1.66. The second-order valence-electron chi connectivity index (χ2n) is 4.22. The summed E-state index contributed by atoms with van der Waals surface area (Å²) in [5.41, 5.74) is 0.865. The fraction of sp³-hybridized carbons (Fsp3) is 0.385. The minimum Gasteiger partial charge on any atom is -0.359 e. The summed E-state index contributed by atoms with van der Waals surface area (Å²) in [6.07, 6.45) is 2.31. The Morgan fingerprint density at radius 2 is 2.06 bits per heavy atom. The number of carbonyl (C=O) groups is 2. The van der Waals surface area contributed by atoms with Crippen LogP contribution >= 0.6 is 11.8 Å². The van der Waals surface area contributed by atoms with E-state index in [1.807, 2.05) is 30.5 Å². The number of rotatable bonds is 3. The van der Waals surface area contributed by atoms with Crippen molar-refractivity contribution >= 4 is 29.3 Å². The van der Waals surface area contributed by atoms with E-state index in [1.165, 1.54) is 0 Å². The summed E-state index contributed by atoms with van der Waals surface area (Å²) < 4.78 is 0. The van der Waals surface area contributed by atoms with Crippen molar-refractivity contribution in [3.8, 4) is 0 Å². The number of amides is 2. The standard InChI is InChI=1S/C13H16N2O2S/c1-14-13(17)9-7-12(16)15(8-9)10-3-5-11(18-2)6-4-10/h3-6,9H,7-8H2,1-2H3,(H,14,17). The van der Waals surface area contributed by atoms with E-state index in [0.717, 1.165) is 10.6 Å². The first-order valence-electron chi connectivity index (χ1n) is 5.81. The molecule has 1 aromatic carbocycles. The normalized spacial score (nSPS) is 19.1. The van der Waals surface area contributed by atoms with Gasteiger partial charge in [-0.3, -0.25) is 9.59 Å². The Hall–Kier alpha value is -1.49. The van der Waals surface area contributed by atoms with Crippen LogP contribution in [0, 0.1) is 5.92 Å². The first kappa shape index (κ1) is 13.0. The molecule has 0 aromatic heterocycles. The molecule has 0 aliphatic carbocycles. The van der Waals surface area contributed by atoms with Crippen molar-refractivity contribution in [1.29, 1.82) is 0 Å². The highest BCUT2D eigenvalue weighted by molar-refractivity contribution is 7.98. The van der Waals surface area contributed by atoms with Crippen LogP contribution in [0.4, 0.5) is 5.69 Å². The fourth-order valence-corrected chi connectivity index (χ4v) is 2.51. The van der Waals surface area contributed by atoms with Gasteiger partial charge in [0.05, 0.1) is 5.92 Å². The van der Waals surface area contributed by atoms with Crippen LogP contribution in [0.5, 0.6) is 0 Å². The smallest absolute Gasteiger partial charge is 0.227 e. The van der Waals surface area contributed by atoms with Gasteiger partial charge in [0.25, 0.3) is 0 Å². The average molecular weight is 264 g/mol. The predicted octanol–water partition coefficient (Wildman–Crippen LogP) is 1.51. The highest BCUT2D eigenvalue weighted by Crippen LogP contribution is 2.27. The molecule has 1 fully saturated rings. The summed E-state index contributed by atoms with van der Waals surface area (Å²) in [7, 11) is 1.60. The van der Waals surface area contributed by atoms with Gasteiger partial charge in [-0.25, -0.2) is 0 Å². The van der Waals surface area contributed by atoms with E-state index in [4.69, 9.17) is 0 Å². The van der Waals surface area contributed by atoms with Gasteiger partial charge in [-0.1, -0.05) is 0 Å². The molecule has 1 N–H and O–H groups in total. The maximum Gasteiger partial charge on any atom is 0.227 e. The van der Waals surface area contributed by atoms with E-state index in [9.17, 15) is 9.59 Å². The molecule has 1 heterocycles. The number of nitrogens with zero attached hydrogens (tertiary/aromatic N) is 1. The molecule has 4 nitrogen and oxygen atoms in total. The molecule has 1 aromatic rings. The largest absolute Gasteiger partial charge is 0.359 e. The van der Waals surface area contributed by atoms with Crippen molar-refractivity contribution in [2.45, 2.75) is 11.3 Å². The van der Waals surface area contributed by atoms with Crippen LogP contribution in [0.2, 0.25) is 0 Å². The van der Waals surface area contributed by atoms with E-state index >= 15 is 0 Å². The number of hydrogen-bond donors (Lipinski definition) is 1. The maximum atomic E-state index is 11.9. The molecular weight excluding hydrogens is 248 g/mol. The molecule has 18 heavy (non-hydrogen) atoms. The Morgan fingerprint density at radius 3 is 2.61 bits per heavy atom. The molecule has 1 unspecified atom stereocenters. The third kappa shape index (κ3) is 2.51. The summed E-state index contributed by atoms with van der Waals surface area (Å²) in [5.74, 6) is -0.283. The SMILES string of the molecule is CNC(=O)C1CC(=O)N(c2ccc(SC)cc2)C1. The highest BCUT2D eigenvalue weighted by atomic mass is 32.2. The monoisotopic (exact) mass is 264 g/mol. The van der Waals surface area contributed by atoms with Crippen molar-refractivity contribution in [1.82, 2.24) is 5.32 Å². The lowest BCUT2D eigenvalue weighted by atomic mass is 10.1. The summed E-state index contributed by atoms with van der Waals surface area (Å²) in [5, 5.41) is 2.60. The molecule has 1 aliphatic rings.